The van der Waals surface area contributed by atoms with Gasteiger partial charge >= 0.3 is 5.97 Å². The molecule has 7 heteroatoms. The Morgan fingerprint density at radius 1 is 0.862 bits per heavy atom. The van der Waals surface area contributed by atoms with Crippen molar-refractivity contribution in [2.24, 2.45) is 5.73 Å². The lowest BCUT2D eigenvalue weighted by atomic mass is 9.99. The van der Waals surface area contributed by atoms with E-state index in [1.54, 1.807) is 36.4 Å². The first-order valence-electron chi connectivity index (χ1n) is 8.75. The summed E-state index contributed by atoms with van der Waals surface area (Å²) in [6, 6.07) is 17.2. The zero-order valence-electron chi connectivity index (χ0n) is 15.1. The first-order valence-corrected chi connectivity index (χ1v) is 9.12. The molecule has 0 aliphatic heterocycles. The molecule has 0 fully saturated rings. The number of hydrogen-bond donors (Lipinski definition) is 2. The Morgan fingerprint density at radius 3 is 2.03 bits per heavy atom. The number of fused-ring (bicyclic) bond motifs is 3. The SMILES string of the molecule is NC(=O)c1cccc2c1c1c(C(=O)C(=O)O)cccc1n2Cc1ccccc1Cl. The fourth-order valence-corrected chi connectivity index (χ4v) is 3.86. The number of carboxylic acid groups (broad SMARTS) is 1. The zero-order chi connectivity index (χ0) is 20.7. The molecule has 0 radical (unpaired) electrons. The number of aliphatic carboxylic acids is 1. The molecule has 3 aromatic carbocycles. The molecular formula is C22H15ClN2O4. The molecule has 4 aromatic rings. The normalized spacial score (nSPS) is 11.1. The number of ketones is 1. The number of Topliss-reactive ketones (excluding diaryl/α,β-unsaturated/α-hetero) is 1. The summed E-state index contributed by atoms with van der Waals surface area (Å²) in [6.45, 7) is 0.368. The van der Waals surface area contributed by atoms with E-state index in [2.05, 4.69) is 0 Å². The first-order chi connectivity index (χ1) is 13.9. The summed E-state index contributed by atoms with van der Waals surface area (Å²) in [5, 5.41) is 10.7. The van der Waals surface area contributed by atoms with Gasteiger partial charge < -0.3 is 15.4 Å². The Balaban J connectivity index is 2.13. The van der Waals surface area contributed by atoms with E-state index in [4.69, 9.17) is 17.3 Å². The van der Waals surface area contributed by atoms with Gasteiger partial charge in [0.05, 0.1) is 11.0 Å². The van der Waals surface area contributed by atoms with Gasteiger partial charge in [0.25, 0.3) is 5.78 Å². The summed E-state index contributed by atoms with van der Waals surface area (Å²) in [5.41, 5.74) is 7.90. The van der Waals surface area contributed by atoms with Gasteiger partial charge in [0.15, 0.2) is 0 Å². The molecule has 4 rings (SSSR count). The molecule has 1 heterocycles. The number of nitrogens with two attached hydrogens (primary N) is 1. The van der Waals surface area contributed by atoms with Crippen LogP contribution in [0.3, 0.4) is 0 Å². The fourth-order valence-electron chi connectivity index (χ4n) is 3.66. The Kier molecular flexibility index (Phi) is 4.56. The molecule has 0 atom stereocenters. The van der Waals surface area contributed by atoms with E-state index in [0.717, 1.165) is 5.56 Å². The molecule has 0 aliphatic rings. The van der Waals surface area contributed by atoms with Crippen molar-refractivity contribution in [1.82, 2.24) is 4.57 Å². The maximum absolute atomic E-state index is 12.4. The predicted molar refractivity (Wildman–Crippen MR) is 110 cm³/mol. The highest BCUT2D eigenvalue weighted by Crippen LogP contribution is 2.35. The van der Waals surface area contributed by atoms with E-state index in [-0.39, 0.29) is 11.1 Å². The van der Waals surface area contributed by atoms with Gasteiger partial charge in [0, 0.05) is 33.5 Å². The molecule has 0 saturated heterocycles. The number of benzene rings is 3. The van der Waals surface area contributed by atoms with Gasteiger partial charge in [-0.05, 0) is 35.9 Å². The van der Waals surface area contributed by atoms with Crippen molar-refractivity contribution in [3.63, 3.8) is 0 Å². The standard InChI is InChI=1S/C22H15ClN2O4/c23-15-8-2-1-5-12(15)11-25-16-9-3-6-13(20(26)22(28)29)18(16)19-14(21(24)27)7-4-10-17(19)25/h1-10H,11H2,(H2,24,27)(H,28,29). The summed E-state index contributed by atoms with van der Waals surface area (Å²) in [4.78, 5) is 35.8. The van der Waals surface area contributed by atoms with E-state index in [1.807, 2.05) is 22.8 Å². The summed E-state index contributed by atoms with van der Waals surface area (Å²) in [7, 11) is 0. The second-order valence-corrected chi connectivity index (χ2v) is 6.98. The van der Waals surface area contributed by atoms with E-state index in [9.17, 15) is 19.5 Å². The number of hydrogen-bond acceptors (Lipinski definition) is 3. The molecule has 1 amide bonds. The molecule has 0 bridgehead atoms. The molecule has 0 aliphatic carbocycles. The lowest BCUT2D eigenvalue weighted by molar-refractivity contribution is -0.131. The van der Waals surface area contributed by atoms with E-state index in [1.165, 1.54) is 6.07 Å². The molecule has 6 nitrogen and oxygen atoms in total. The Morgan fingerprint density at radius 2 is 1.45 bits per heavy atom. The van der Waals surface area contributed by atoms with Crippen LogP contribution in [0.4, 0.5) is 0 Å². The zero-order valence-corrected chi connectivity index (χ0v) is 15.8. The molecule has 3 N–H and O–H groups in total. The monoisotopic (exact) mass is 406 g/mol. The van der Waals surface area contributed by atoms with Crippen LogP contribution in [0.15, 0.2) is 60.7 Å². The van der Waals surface area contributed by atoms with Crippen molar-refractivity contribution >= 4 is 51.1 Å². The van der Waals surface area contributed by atoms with Gasteiger partial charge in [-0.15, -0.1) is 0 Å². The van der Waals surface area contributed by atoms with Crippen LogP contribution >= 0.6 is 11.6 Å². The van der Waals surface area contributed by atoms with E-state index >= 15 is 0 Å². The third-order valence-electron chi connectivity index (χ3n) is 4.91. The number of rotatable bonds is 5. The van der Waals surface area contributed by atoms with Gasteiger partial charge in [-0.1, -0.05) is 41.9 Å². The van der Waals surface area contributed by atoms with Crippen LogP contribution in [0.1, 0.15) is 26.3 Å². The number of carbonyl (C=O) groups is 3. The Labute approximate surface area is 170 Å². The number of primary amides is 1. The number of halogens is 1. The maximum atomic E-state index is 12.4. The van der Waals surface area contributed by atoms with Gasteiger partial charge in [0.1, 0.15) is 0 Å². The van der Waals surface area contributed by atoms with Gasteiger partial charge in [-0.3, -0.25) is 9.59 Å². The number of aromatic nitrogens is 1. The van der Waals surface area contributed by atoms with Crippen LogP contribution in [-0.2, 0) is 11.3 Å². The third kappa shape index (κ3) is 3.03. The number of carboxylic acids is 1. The minimum atomic E-state index is -1.57. The van der Waals surface area contributed by atoms with E-state index < -0.39 is 17.7 Å². The van der Waals surface area contributed by atoms with Crippen molar-refractivity contribution in [3.8, 4) is 0 Å². The quantitative estimate of drug-likeness (QED) is 0.388. The van der Waals surface area contributed by atoms with Crippen LogP contribution < -0.4 is 5.73 Å². The molecule has 0 unspecified atom stereocenters. The average Bonchev–Trinajstić information content (AvgIpc) is 3.03. The maximum Gasteiger partial charge on any atom is 0.377 e. The lowest BCUT2D eigenvalue weighted by Crippen LogP contribution is -2.14. The van der Waals surface area contributed by atoms with E-state index in [0.29, 0.717) is 33.4 Å². The lowest BCUT2D eigenvalue weighted by Gasteiger charge is -2.09. The van der Waals surface area contributed by atoms with Crippen LogP contribution in [0.5, 0.6) is 0 Å². The number of nitrogens with zero attached hydrogens (tertiary/aromatic N) is 1. The fraction of sp³-hybridized carbons (Fsp3) is 0.0455. The van der Waals surface area contributed by atoms with Crippen molar-refractivity contribution in [3.05, 3.63) is 82.4 Å². The van der Waals surface area contributed by atoms with Gasteiger partial charge in [-0.2, -0.15) is 0 Å². The molecular weight excluding hydrogens is 392 g/mol. The highest BCUT2D eigenvalue weighted by Gasteiger charge is 2.24. The average molecular weight is 407 g/mol. The number of amides is 1. The van der Waals surface area contributed by atoms with Crippen molar-refractivity contribution < 1.29 is 19.5 Å². The minimum absolute atomic E-state index is 0.00612. The summed E-state index contributed by atoms with van der Waals surface area (Å²) >= 11 is 6.33. The van der Waals surface area contributed by atoms with Crippen LogP contribution in [0, 0.1) is 0 Å². The summed E-state index contributed by atoms with van der Waals surface area (Å²) < 4.78 is 1.90. The van der Waals surface area contributed by atoms with Crippen molar-refractivity contribution in [2.75, 3.05) is 0 Å². The highest BCUT2D eigenvalue weighted by molar-refractivity contribution is 6.43. The summed E-state index contributed by atoms with van der Waals surface area (Å²) in [6.07, 6.45) is 0. The first kappa shape index (κ1) is 18.7. The second-order valence-electron chi connectivity index (χ2n) is 6.58. The molecule has 1 aromatic heterocycles. The van der Waals surface area contributed by atoms with Crippen LogP contribution in [0.25, 0.3) is 21.8 Å². The van der Waals surface area contributed by atoms with Crippen molar-refractivity contribution in [1.29, 1.82) is 0 Å². The molecule has 144 valence electrons. The largest absolute Gasteiger partial charge is 0.475 e. The van der Waals surface area contributed by atoms with Gasteiger partial charge in [0.2, 0.25) is 5.91 Å². The Bertz CT molecular complexity index is 1320. The smallest absolute Gasteiger partial charge is 0.377 e. The van der Waals surface area contributed by atoms with Crippen LogP contribution in [-0.4, -0.2) is 27.3 Å². The van der Waals surface area contributed by atoms with Gasteiger partial charge in [-0.25, -0.2) is 4.79 Å². The highest BCUT2D eigenvalue weighted by atomic mass is 35.5. The summed E-state index contributed by atoms with van der Waals surface area (Å²) in [5.74, 6) is -3.28. The predicted octanol–water partition coefficient (Wildman–Crippen LogP) is 3.86. The molecule has 29 heavy (non-hydrogen) atoms. The third-order valence-corrected chi connectivity index (χ3v) is 5.28. The minimum Gasteiger partial charge on any atom is -0.475 e. The Hall–Kier alpha value is -3.64. The molecule has 0 saturated carbocycles. The second kappa shape index (κ2) is 7.07. The van der Waals surface area contributed by atoms with Crippen molar-refractivity contribution in [2.45, 2.75) is 6.54 Å². The topological polar surface area (TPSA) is 102 Å². The van der Waals surface area contributed by atoms with Crippen LogP contribution in [0.2, 0.25) is 5.02 Å². The number of carbonyl (C=O) groups excluding carboxylic acids is 2. The molecule has 0 spiro atoms.